The highest BCUT2D eigenvalue weighted by Gasteiger charge is 2.65. The van der Waals surface area contributed by atoms with Gasteiger partial charge in [0.25, 0.3) is 0 Å². The molecule has 0 aromatic heterocycles. The van der Waals surface area contributed by atoms with Crippen LogP contribution in [0.1, 0.15) is 78.6 Å². The number of amides is 1. The predicted octanol–water partition coefficient (Wildman–Crippen LogP) is 2.56. The van der Waals surface area contributed by atoms with E-state index in [1.54, 1.807) is 0 Å². The van der Waals surface area contributed by atoms with E-state index < -0.39 is 18.2 Å². The Morgan fingerprint density at radius 2 is 1.61 bits per heavy atom. The molecule has 188 valence electrons. The maximum Gasteiger partial charge on any atom is 0.322 e. The monoisotopic (exact) mass is 465 g/mol. The molecule has 0 heterocycles. The fourth-order valence-corrected chi connectivity index (χ4v) is 9.04. The molecule has 7 nitrogen and oxygen atoms in total. The Labute approximate surface area is 197 Å². The van der Waals surface area contributed by atoms with Crippen LogP contribution in [0.3, 0.4) is 0 Å². The first-order valence-electron chi connectivity index (χ1n) is 13.0. The first kappa shape index (κ1) is 24.9. The number of carboxylic acids is 1. The molecule has 0 spiro atoms. The number of fused-ring (bicyclic) bond motifs is 5. The number of carbonyl (C=O) groups is 2. The molecule has 4 aliphatic carbocycles. The lowest BCUT2D eigenvalue weighted by Gasteiger charge is -2.63. The van der Waals surface area contributed by atoms with Crippen molar-refractivity contribution in [2.24, 2.45) is 46.3 Å². The minimum absolute atomic E-state index is 0.0319. The summed E-state index contributed by atoms with van der Waals surface area (Å²) in [5.41, 5.74) is 0.0476. The molecule has 0 aliphatic heterocycles. The fraction of sp³-hybridized carbons (Fsp3) is 0.923. The highest BCUT2D eigenvalue weighted by atomic mass is 16.4. The molecule has 33 heavy (non-hydrogen) atoms. The molecule has 0 aromatic rings. The van der Waals surface area contributed by atoms with Crippen LogP contribution in [0.5, 0.6) is 0 Å². The summed E-state index contributed by atoms with van der Waals surface area (Å²) in [6.45, 7) is 6.53. The number of aliphatic carboxylic acids is 1. The van der Waals surface area contributed by atoms with Crippen LogP contribution in [-0.4, -0.2) is 57.2 Å². The molecule has 4 fully saturated rings. The molecule has 4 aliphatic rings. The maximum atomic E-state index is 12.0. The van der Waals surface area contributed by atoms with Gasteiger partial charge >= 0.3 is 5.97 Å². The van der Waals surface area contributed by atoms with Gasteiger partial charge in [0.15, 0.2) is 0 Å². The maximum absolute atomic E-state index is 12.0. The minimum atomic E-state index is -1.03. The van der Waals surface area contributed by atoms with E-state index in [4.69, 9.17) is 5.11 Å². The number of carboxylic acid groups (broad SMARTS) is 1. The van der Waals surface area contributed by atoms with Crippen LogP contribution in [0.25, 0.3) is 0 Å². The van der Waals surface area contributed by atoms with E-state index in [-0.39, 0.29) is 41.2 Å². The summed E-state index contributed by atoms with van der Waals surface area (Å²) in [5, 5.41) is 44.0. The summed E-state index contributed by atoms with van der Waals surface area (Å²) in [7, 11) is 0. The Morgan fingerprint density at radius 1 is 0.939 bits per heavy atom. The smallest absolute Gasteiger partial charge is 0.322 e. The molecule has 0 aromatic carbocycles. The Morgan fingerprint density at radius 3 is 2.30 bits per heavy atom. The van der Waals surface area contributed by atoms with Gasteiger partial charge in [0.05, 0.1) is 18.3 Å². The number of hydrogen-bond acceptors (Lipinski definition) is 5. The number of carbonyl (C=O) groups excluding carboxylic acids is 1. The normalized spacial score (nSPS) is 47.7. The van der Waals surface area contributed by atoms with E-state index in [0.29, 0.717) is 36.5 Å². The van der Waals surface area contributed by atoms with Gasteiger partial charge in [-0.15, -0.1) is 0 Å². The van der Waals surface area contributed by atoms with E-state index in [1.165, 1.54) is 0 Å². The average Bonchev–Trinajstić information content (AvgIpc) is 3.12. The minimum Gasteiger partial charge on any atom is -0.480 e. The molecule has 11 atom stereocenters. The Balaban J connectivity index is 1.47. The van der Waals surface area contributed by atoms with Crippen LogP contribution in [0.2, 0.25) is 0 Å². The summed E-state index contributed by atoms with van der Waals surface area (Å²) < 4.78 is 0. The molecule has 4 rings (SSSR count). The van der Waals surface area contributed by atoms with Crippen molar-refractivity contribution in [3.8, 4) is 0 Å². The van der Waals surface area contributed by atoms with Crippen LogP contribution < -0.4 is 5.32 Å². The lowest BCUT2D eigenvalue weighted by atomic mass is 9.43. The summed E-state index contributed by atoms with van der Waals surface area (Å²) in [6, 6.07) is 0. The zero-order valence-corrected chi connectivity index (χ0v) is 20.4. The molecule has 5 N–H and O–H groups in total. The van der Waals surface area contributed by atoms with Gasteiger partial charge in [0, 0.05) is 6.42 Å². The van der Waals surface area contributed by atoms with Crippen molar-refractivity contribution in [3.05, 3.63) is 0 Å². The van der Waals surface area contributed by atoms with E-state index in [2.05, 4.69) is 26.1 Å². The van der Waals surface area contributed by atoms with Crippen LogP contribution in [-0.2, 0) is 9.59 Å². The van der Waals surface area contributed by atoms with Crippen LogP contribution in [0.15, 0.2) is 0 Å². The molecule has 1 amide bonds. The van der Waals surface area contributed by atoms with Crippen LogP contribution >= 0.6 is 0 Å². The third-order valence-electron chi connectivity index (χ3n) is 10.7. The number of hydrogen-bond donors (Lipinski definition) is 5. The average molecular weight is 466 g/mol. The van der Waals surface area contributed by atoms with Gasteiger partial charge in [-0.1, -0.05) is 20.8 Å². The van der Waals surface area contributed by atoms with Crippen molar-refractivity contribution in [1.29, 1.82) is 0 Å². The number of rotatable bonds is 6. The second-order valence-corrected chi connectivity index (χ2v) is 12.2. The van der Waals surface area contributed by atoms with Gasteiger partial charge in [-0.25, -0.2) is 0 Å². The summed E-state index contributed by atoms with van der Waals surface area (Å²) in [6.07, 6.45) is 5.74. The Hall–Kier alpha value is -1.18. The topological polar surface area (TPSA) is 127 Å². The second kappa shape index (κ2) is 9.12. The summed E-state index contributed by atoms with van der Waals surface area (Å²) >= 11 is 0. The molecule has 0 saturated heterocycles. The van der Waals surface area contributed by atoms with Crippen molar-refractivity contribution in [3.63, 3.8) is 0 Å². The van der Waals surface area contributed by atoms with Gasteiger partial charge in [-0.3, -0.25) is 9.59 Å². The quantitative estimate of drug-likeness (QED) is 0.410. The van der Waals surface area contributed by atoms with Gasteiger partial charge < -0.3 is 25.7 Å². The fourth-order valence-electron chi connectivity index (χ4n) is 9.04. The van der Waals surface area contributed by atoms with Gasteiger partial charge in [-0.05, 0) is 97.7 Å². The lowest BCUT2D eigenvalue weighted by molar-refractivity contribution is -0.223. The Kier molecular flexibility index (Phi) is 6.89. The third kappa shape index (κ3) is 4.23. The molecular formula is C26H43NO6. The second-order valence-electron chi connectivity index (χ2n) is 12.2. The zero-order chi connectivity index (χ0) is 24.1. The van der Waals surface area contributed by atoms with Crippen molar-refractivity contribution < 1.29 is 30.0 Å². The standard InChI is InChI=1S/C26H43NO6/c1-14(4-7-20(29)27-13-21(30)31)16-5-6-17-22-18(9-11-25(16,17)2)26(3)10-8-15(28)12-19(26)23(32)24(22)33/h14-19,22-24,28,32-33H,4-13H2,1-3H3,(H,27,29)(H,30,31)/t14?,15-,16?,17?,18?,19?,22?,23-,24+,25-,26-/m1/s1. The van der Waals surface area contributed by atoms with E-state index in [1.807, 2.05) is 0 Å². The number of aliphatic hydroxyl groups excluding tert-OH is 3. The summed E-state index contributed by atoms with van der Waals surface area (Å²) in [4.78, 5) is 22.7. The van der Waals surface area contributed by atoms with Gasteiger partial charge in [-0.2, -0.15) is 0 Å². The van der Waals surface area contributed by atoms with Crippen molar-refractivity contribution in [2.45, 2.75) is 96.9 Å². The molecule has 0 bridgehead atoms. The first-order chi connectivity index (χ1) is 15.5. The van der Waals surface area contributed by atoms with Crippen molar-refractivity contribution in [2.75, 3.05) is 6.54 Å². The number of nitrogens with one attached hydrogen (secondary N) is 1. The van der Waals surface area contributed by atoms with E-state index in [0.717, 1.165) is 44.9 Å². The van der Waals surface area contributed by atoms with E-state index >= 15 is 0 Å². The molecule has 7 heteroatoms. The van der Waals surface area contributed by atoms with Crippen molar-refractivity contribution in [1.82, 2.24) is 5.32 Å². The van der Waals surface area contributed by atoms with Gasteiger partial charge in [0.2, 0.25) is 5.91 Å². The lowest BCUT2D eigenvalue weighted by Crippen LogP contribution is -2.64. The van der Waals surface area contributed by atoms with Gasteiger partial charge in [0.1, 0.15) is 6.54 Å². The van der Waals surface area contributed by atoms with Crippen molar-refractivity contribution >= 4 is 11.9 Å². The molecule has 4 saturated carbocycles. The SMILES string of the molecule is CC(CCC(=O)NCC(=O)O)C1CCC2C3C(CC[C@]12C)[C@@]1(C)CC[C@@H](O)CC1[C@@H](O)[C@H]3O. The highest BCUT2D eigenvalue weighted by Crippen LogP contribution is 2.68. The third-order valence-corrected chi connectivity index (χ3v) is 10.7. The molecular weight excluding hydrogens is 422 g/mol. The molecule has 0 radical (unpaired) electrons. The number of aliphatic hydroxyl groups is 3. The van der Waals surface area contributed by atoms with Crippen LogP contribution in [0, 0.1) is 46.3 Å². The Bertz CT molecular complexity index is 759. The van der Waals surface area contributed by atoms with Crippen LogP contribution in [0.4, 0.5) is 0 Å². The molecule has 6 unspecified atom stereocenters. The zero-order valence-electron chi connectivity index (χ0n) is 20.4. The van der Waals surface area contributed by atoms with E-state index in [9.17, 15) is 24.9 Å². The first-order valence-corrected chi connectivity index (χ1v) is 13.0. The predicted molar refractivity (Wildman–Crippen MR) is 123 cm³/mol. The largest absolute Gasteiger partial charge is 0.480 e. The summed E-state index contributed by atoms with van der Waals surface area (Å²) in [5.74, 6) is 0.340. The highest BCUT2D eigenvalue weighted by molar-refractivity contribution is 5.81.